The maximum atomic E-state index is 16.1. The summed E-state index contributed by atoms with van der Waals surface area (Å²) < 4.78 is 97.4. The smallest absolute Gasteiger partial charge is 0.199 e. The summed E-state index contributed by atoms with van der Waals surface area (Å²) in [6.45, 7) is 3.68. The molecule has 0 spiro atoms. The number of hydrogen-bond acceptors (Lipinski definition) is 4. The number of fused-ring (bicyclic) bond motifs is 12. The second-order valence-electron chi connectivity index (χ2n) is 14.0. The molecule has 2 saturated carbocycles. The molecule has 6 unspecified atom stereocenters. The Morgan fingerprint density at radius 3 is 1.31 bits per heavy atom. The maximum absolute atomic E-state index is 16.1. The zero-order chi connectivity index (χ0) is 33.9. The van der Waals surface area contributed by atoms with Gasteiger partial charge in [0.05, 0.1) is 0 Å². The molecule has 2 aromatic heterocycles. The molecule has 2 aliphatic heterocycles. The summed E-state index contributed by atoms with van der Waals surface area (Å²) in [5.41, 5.74) is 1.64. The van der Waals surface area contributed by atoms with Crippen molar-refractivity contribution in [1.29, 1.82) is 0 Å². The van der Waals surface area contributed by atoms with E-state index in [1.165, 1.54) is 23.5 Å². The van der Waals surface area contributed by atoms with E-state index < -0.39 is 50.9 Å². The van der Waals surface area contributed by atoms with E-state index in [1.807, 2.05) is 98.8 Å². The monoisotopic (exact) mass is 736 g/mol. The minimum absolute atomic E-state index is 0.681. The van der Waals surface area contributed by atoms with Crippen molar-refractivity contribution in [3.8, 4) is 0 Å². The van der Waals surface area contributed by atoms with E-state index in [2.05, 4.69) is 0 Å². The lowest BCUT2D eigenvalue weighted by Gasteiger charge is -2.57. The number of alkyl halides is 6. The van der Waals surface area contributed by atoms with Gasteiger partial charge in [0, 0.05) is 94.4 Å². The third-order valence-corrected chi connectivity index (χ3v) is 17.7. The quantitative estimate of drug-likeness (QED) is 0.162. The van der Waals surface area contributed by atoms with Crippen LogP contribution in [0.2, 0.25) is 0 Å². The second-order valence-corrected chi connectivity index (χ2v) is 19.1. The molecule has 0 bridgehead atoms. The van der Waals surface area contributed by atoms with E-state index in [1.54, 1.807) is 34.8 Å². The average Bonchev–Trinajstić information content (AvgIpc) is 3.85. The SMILES string of the molecule is CC12SC(c3cccc4c3sc3ccccc34)=CC1C1C(C3C=C(c4cccc5c4sc4ccccc45)SC32C)C(F)(F)C(F)(F)C1(F)F. The molecule has 10 heteroatoms. The zero-order valence-electron chi connectivity index (χ0n) is 25.9. The first-order valence-electron chi connectivity index (χ1n) is 16.1. The number of thiophene rings is 2. The van der Waals surface area contributed by atoms with Gasteiger partial charge in [-0.25, -0.2) is 0 Å². The van der Waals surface area contributed by atoms with Gasteiger partial charge in [0.1, 0.15) is 0 Å². The van der Waals surface area contributed by atoms with Gasteiger partial charge in [0.25, 0.3) is 0 Å². The second kappa shape index (κ2) is 9.69. The molecule has 2 aliphatic carbocycles. The van der Waals surface area contributed by atoms with Crippen LogP contribution in [0.15, 0.2) is 97.1 Å². The third kappa shape index (κ3) is 3.62. The molecular weight excluding hydrogens is 711 g/mol. The predicted octanol–water partition coefficient (Wildman–Crippen LogP) is 13.2. The summed E-state index contributed by atoms with van der Waals surface area (Å²) in [7, 11) is 0. The third-order valence-electron chi connectivity index (χ3n) is 11.7. The van der Waals surface area contributed by atoms with Crippen molar-refractivity contribution in [2.24, 2.45) is 23.7 Å². The van der Waals surface area contributed by atoms with Crippen LogP contribution in [0, 0.1) is 23.7 Å². The zero-order valence-corrected chi connectivity index (χ0v) is 29.2. The first-order valence-corrected chi connectivity index (χ1v) is 19.3. The molecule has 0 radical (unpaired) electrons. The van der Waals surface area contributed by atoms with E-state index in [0.717, 1.165) is 51.5 Å². The van der Waals surface area contributed by atoms with Crippen LogP contribution in [0.25, 0.3) is 50.2 Å². The van der Waals surface area contributed by atoms with Gasteiger partial charge >= 0.3 is 17.8 Å². The van der Waals surface area contributed by atoms with E-state index in [9.17, 15) is 0 Å². The van der Waals surface area contributed by atoms with Gasteiger partial charge in [0.15, 0.2) is 0 Å². The first kappa shape index (κ1) is 30.9. The Balaban J connectivity index is 1.18. The fourth-order valence-electron chi connectivity index (χ4n) is 9.22. The molecule has 248 valence electrons. The molecule has 0 amide bonds. The van der Waals surface area contributed by atoms with Gasteiger partial charge in [-0.3, -0.25) is 0 Å². The topological polar surface area (TPSA) is 0 Å². The molecule has 10 rings (SSSR count). The lowest BCUT2D eigenvalue weighted by atomic mass is 9.56. The van der Waals surface area contributed by atoms with Crippen LogP contribution in [0.4, 0.5) is 26.3 Å². The Morgan fingerprint density at radius 2 is 0.878 bits per heavy atom. The number of thioether (sulfide) groups is 2. The van der Waals surface area contributed by atoms with Crippen LogP contribution < -0.4 is 0 Å². The van der Waals surface area contributed by atoms with Crippen molar-refractivity contribution in [3.63, 3.8) is 0 Å². The summed E-state index contributed by atoms with van der Waals surface area (Å²) in [4.78, 5) is 1.36. The average molecular weight is 737 g/mol. The van der Waals surface area contributed by atoms with Gasteiger partial charge < -0.3 is 0 Å². The molecule has 2 fully saturated rings. The minimum atomic E-state index is -5.49. The summed E-state index contributed by atoms with van der Waals surface area (Å²) in [6, 6.07) is 27.7. The lowest BCUT2D eigenvalue weighted by Crippen LogP contribution is -2.63. The van der Waals surface area contributed by atoms with Crippen LogP contribution in [0.1, 0.15) is 25.0 Å². The van der Waals surface area contributed by atoms with Crippen molar-refractivity contribution in [3.05, 3.63) is 108 Å². The summed E-state index contributed by atoms with van der Waals surface area (Å²) in [6.07, 6.45) is 3.28. The number of hydrogen-bond donors (Lipinski definition) is 0. The van der Waals surface area contributed by atoms with Gasteiger partial charge in [-0.15, -0.1) is 46.2 Å². The van der Waals surface area contributed by atoms with E-state index in [-0.39, 0.29) is 0 Å². The Kier molecular flexibility index (Phi) is 6.10. The lowest BCUT2D eigenvalue weighted by molar-refractivity contribution is -0.282. The highest BCUT2D eigenvalue weighted by Gasteiger charge is 2.90. The molecule has 6 aromatic rings. The highest BCUT2D eigenvalue weighted by atomic mass is 32.2. The minimum Gasteiger partial charge on any atom is -0.199 e. The highest BCUT2D eigenvalue weighted by Crippen LogP contribution is 2.79. The van der Waals surface area contributed by atoms with Gasteiger partial charge in [0.2, 0.25) is 0 Å². The van der Waals surface area contributed by atoms with Crippen molar-refractivity contribution >= 4 is 96.4 Å². The van der Waals surface area contributed by atoms with Crippen LogP contribution >= 0.6 is 46.2 Å². The molecule has 49 heavy (non-hydrogen) atoms. The standard InChI is InChI=1S/C39H26F6S4/c1-35-25(17-29(48-35)23-13-7-11-21-19-9-3-5-15-27(19)46-33(21)23)31-32(38(42,43)39(44,45)37(31,40)41)26-18-30(49-36(26,35)2)24-14-8-12-22-20-10-4-6-16-28(20)47-34(22)24/h3-18,25-26,31-32H,1-2H3. The highest BCUT2D eigenvalue weighted by molar-refractivity contribution is 8.13. The largest absolute Gasteiger partial charge is 0.372 e. The summed E-state index contributed by atoms with van der Waals surface area (Å²) >= 11 is 5.97. The summed E-state index contributed by atoms with van der Waals surface area (Å²) in [5, 5.41) is 4.17. The molecule has 4 heterocycles. The number of allylic oxidation sites excluding steroid dienone is 2. The van der Waals surface area contributed by atoms with Gasteiger partial charge in [-0.05, 0) is 26.0 Å². The van der Waals surface area contributed by atoms with Crippen molar-refractivity contribution in [2.75, 3.05) is 0 Å². The van der Waals surface area contributed by atoms with Crippen LogP contribution in [-0.4, -0.2) is 27.3 Å². The van der Waals surface area contributed by atoms with Crippen molar-refractivity contribution in [1.82, 2.24) is 0 Å². The van der Waals surface area contributed by atoms with Gasteiger partial charge in [-0.1, -0.05) is 84.9 Å². The Bertz CT molecular complexity index is 2300. The number of benzene rings is 4. The predicted molar refractivity (Wildman–Crippen MR) is 195 cm³/mol. The fraction of sp³-hybridized carbons (Fsp3) is 0.282. The molecule has 0 nitrogen and oxygen atoms in total. The first-order chi connectivity index (χ1) is 23.3. The maximum Gasteiger partial charge on any atom is 0.372 e. The van der Waals surface area contributed by atoms with E-state index in [0.29, 0.717) is 9.81 Å². The van der Waals surface area contributed by atoms with Gasteiger partial charge in [-0.2, -0.15) is 26.3 Å². The summed E-state index contributed by atoms with van der Waals surface area (Å²) in [5.74, 6) is -22.2. The molecule has 0 saturated heterocycles. The Morgan fingerprint density at radius 1 is 0.490 bits per heavy atom. The Labute approximate surface area is 294 Å². The van der Waals surface area contributed by atoms with Crippen molar-refractivity contribution in [2.45, 2.75) is 41.1 Å². The normalized spacial score (nSPS) is 32.4. The molecular formula is C39H26F6S4. The van der Waals surface area contributed by atoms with Crippen LogP contribution in [0.5, 0.6) is 0 Å². The van der Waals surface area contributed by atoms with Crippen LogP contribution in [0.3, 0.4) is 0 Å². The Hall–Kier alpha value is -2.92. The van der Waals surface area contributed by atoms with E-state index >= 15 is 26.3 Å². The number of halogens is 6. The molecule has 6 atom stereocenters. The van der Waals surface area contributed by atoms with Crippen molar-refractivity contribution < 1.29 is 26.3 Å². The fourth-order valence-corrected chi connectivity index (χ4v) is 15.3. The number of rotatable bonds is 2. The van der Waals surface area contributed by atoms with Crippen LogP contribution in [-0.2, 0) is 0 Å². The molecule has 4 aliphatic rings. The van der Waals surface area contributed by atoms with E-state index in [4.69, 9.17) is 0 Å². The molecule has 4 aromatic carbocycles. The molecule has 0 N–H and O–H groups in total.